The molecule has 3 aromatic heterocycles. The normalized spacial score (nSPS) is 14.4. The summed E-state index contributed by atoms with van der Waals surface area (Å²) < 4.78 is 14.9. The zero-order valence-corrected chi connectivity index (χ0v) is 19.4. The van der Waals surface area contributed by atoms with Crippen LogP contribution in [0.1, 0.15) is 16.8 Å². The highest BCUT2D eigenvalue weighted by Crippen LogP contribution is 2.21. The van der Waals surface area contributed by atoms with E-state index in [1.807, 2.05) is 44.1 Å². The Bertz CT molecular complexity index is 1310. The molecule has 4 heterocycles. The molecule has 178 valence electrons. The van der Waals surface area contributed by atoms with Gasteiger partial charge < -0.3 is 14.8 Å². The number of hydrogen-bond donors (Lipinski definition) is 2. The molecule has 1 aliphatic rings. The Morgan fingerprint density at radius 3 is 2.46 bits per heavy atom. The van der Waals surface area contributed by atoms with Crippen molar-refractivity contribution in [2.45, 2.75) is 6.42 Å². The van der Waals surface area contributed by atoms with Gasteiger partial charge in [-0.2, -0.15) is 5.10 Å². The summed E-state index contributed by atoms with van der Waals surface area (Å²) in [6.07, 6.45) is 11.1. The van der Waals surface area contributed by atoms with E-state index in [4.69, 9.17) is 5.41 Å². The number of aromatic nitrogens is 5. The van der Waals surface area contributed by atoms with E-state index in [0.717, 1.165) is 66.3 Å². The van der Waals surface area contributed by atoms with Crippen molar-refractivity contribution in [1.29, 1.82) is 5.41 Å². The van der Waals surface area contributed by atoms with E-state index in [2.05, 4.69) is 34.8 Å². The molecule has 1 saturated heterocycles. The minimum atomic E-state index is -0.237. The van der Waals surface area contributed by atoms with Crippen LogP contribution in [0.15, 0.2) is 66.3 Å². The van der Waals surface area contributed by atoms with E-state index in [0.29, 0.717) is 12.4 Å². The first kappa shape index (κ1) is 22.5. The third-order valence-corrected chi connectivity index (χ3v) is 6.02. The van der Waals surface area contributed by atoms with Gasteiger partial charge in [0.05, 0.1) is 11.9 Å². The summed E-state index contributed by atoms with van der Waals surface area (Å²) in [5.41, 5.74) is 4.91. The Morgan fingerprint density at radius 2 is 1.80 bits per heavy atom. The van der Waals surface area contributed by atoms with Crippen LogP contribution in [0.25, 0.3) is 11.1 Å². The Kier molecular flexibility index (Phi) is 6.34. The van der Waals surface area contributed by atoms with Crippen LogP contribution in [-0.2, 0) is 13.5 Å². The first-order valence-electron chi connectivity index (χ1n) is 11.4. The number of benzene rings is 1. The molecule has 4 aromatic rings. The summed E-state index contributed by atoms with van der Waals surface area (Å²) in [4.78, 5) is 21.1. The molecule has 1 fully saturated rings. The average molecular weight is 472 g/mol. The van der Waals surface area contributed by atoms with E-state index in [9.17, 15) is 4.39 Å². The van der Waals surface area contributed by atoms with Gasteiger partial charge in [-0.15, -0.1) is 0 Å². The van der Waals surface area contributed by atoms with Gasteiger partial charge in [-0.1, -0.05) is 12.1 Å². The number of rotatable bonds is 6. The van der Waals surface area contributed by atoms with Crippen LogP contribution in [0.2, 0.25) is 0 Å². The van der Waals surface area contributed by atoms with Crippen LogP contribution >= 0.6 is 0 Å². The zero-order valence-electron chi connectivity index (χ0n) is 19.4. The number of aliphatic imine (C=N–C) groups is 1. The highest BCUT2D eigenvalue weighted by molar-refractivity contribution is 6.01. The van der Waals surface area contributed by atoms with E-state index >= 15 is 0 Å². The number of nitrogens with one attached hydrogen (secondary N) is 2. The SMILES string of the molecule is Cn1cc(-c2c[nH]c(C(=NC=N)N3CCN(c4ncc(Cc5ccc(F)cc5)cn4)CC3)c2)cn1. The molecule has 10 heteroatoms. The Labute approximate surface area is 202 Å². The summed E-state index contributed by atoms with van der Waals surface area (Å²) in [7, 11) is 1.89. The van der Waals surface area contributed by atoms with Crippen LogP contribution in [0.4, 0.5) is 10.3 Å². The Hall–Kier alpha value is -4.34. The third-order valence-electron chi connectivity index (χ3n) is 6.02. The van der Waals surface area contributed by atoms with Crippen LogP contribution in [0.5, 0.6) is 0 Å². The maximum atomic E-state index is 13.1. The molecule has 0 spiro atoms. The molecule has 0 atom stereocenters. The van der Waals surface area contributed by atoms with Crippen molar-refractivity contribution in [2.75, 3.05) is 31.1 Å². The molecule has 2 N–H and O–H groups in total. The molecule has 35 heavy (non-hydrogen) atoms. The lowest BCUT2D eigenvalue weighted by molar-refractivity contribution is 0.383. The predicted octanol–water partition coefficient (Wildman–Crippen LogP) is 3.11. The number of aryl methyl sites for hydroxylation is 1. The van der Waals surface area contributed by atoms with E-state index in [-0.39, 0.29) is 5.82 Å². The van der Waals surface area contributed by atoms with Gasteiger partial charge in [0, 0.05) is 75.6 Å². The van der Waals surface area contributed by atoms with Crippen LogP contribution in [-0.4, -0.2) is 68.0 Å². The number of piperazine rings is 1. The van der Waals surface area contributed by atoms with Gasteiger partial charge in [0.15, 0.2) is 5.84 Å². The molecule has 0 bridgehead atoms. The maximum absolute atomic E-state index is 13.1. The highest BCUT2D eigenvalue weighted by Gasteiger charge is 2.23. The molecule has 0 unspecified atom stereocenters. The number of amidine groups is 1. The maximum Gasteiger partial charge on any atom is 0.225 e. The van der Waals surface area contributed by atoms with E-state index in [1.54, 1.807) is 16.8 Å². The second-order valence-electron chi connectivity index (χ2n) is 8.46. The van der Waals surface area contributed by atoms with Crippen LogP contribution < -0.4 is 4.90 Å². The quantitative estimate of drug-likeness (QED) is 0.332. The van der Waals surface area contributed by atoms with Gasteiger partial charge in [-0.05, 0) is 29.3 Å². The number of anilines is 1. The molecule has 0 aliphatic carbocycles. The lowest BCUT2D eigenvalue weighted by Gasteiger charge is -2.36. The number of H-pyrrole nitrogens is 1. The summed E-state index contributed by atoms with van der Waals surface area (Å²) in [5, 5.41) is 11.8. The molecule has 1 aliphatic heterocycles. The fourth-order valence-corrected chi connectivity index (χ4v) is 4.20. The van der Waals surface area contributed by atoms with Crippen molar-refractivity contribution in [3.05, 3.63) is 84.0 Å². The second kappa shape index (κ2) is 9.88. The molecule has 9 nitrogen and oxygen atoms in total. The molecule has 0 saturated carbocycles. The molecule has 0 radical (unpaired) electrons. The van der Waals surface area contributed by atoms with Crippen molar-refractivity contribution in [1.82, 2.24) is 29.6 Å². The summed E-state index contributed by atoms with van der Waals surface area (Å²) in [5.74, 6) is 1.20. The molecule has 5 rings (SSSR count). The fourth-order valence-electron chi connectivity index (χ4n) is 4.20. The number of halogens is 1. The van der Waals surface area contributed by atoms with Crippen molar-refractivity contribution in [2.24, 2.45) is 12.0 Å². The Morgan fingerprint density at radius 1 is 1.06 bits per heavy atom. The van der Waals surface area contributed by atoms with Gasteiger partial charge in [-0.3, -0.25) is 10.1 Å². The lowest BCUT2D eigenvalue weighted by Crippen LogP contribution is -2.49. The fraction of sp³-hybridized carbons (Fsp3) is 0.240. The molecular weight excluding hydrogens is 445 g/mol. The highest BCUT2D eigenvalue weighted by atomic mass is 19.1. The Balaban J connectivity index is 1.22. The van der Waals surface area contributed by atoms with Gasteiger partial charge in [0.1, 0.15) is 12.2 Å². The monoisotopic (exact) mass is 471 g/mol. The number of hydrogen-bond acceptors (Lipinski definition) is 5. The number of nitrogens with zero attached hydrogens (tertiary/aromatic N) is 7. The van der Waals surface area contributed by atoms with Gasteiger partial charge >= 0.3 is 0 Å². The first-order valence-corrected chi connectivity index (χ1v) is 11.4. The van der Waals surface area contributed by atoms with Crippen molar-refractivity contribution in [3.63, 3.8) is 0 Å². The summed E-state index contributed by atoms with van der Waals surface area (Å²) in [6, 6.07) is 8.52. The van der Waals surface area contributed by atoms with E-state index in [1.165, 1.54) is 12.1 Å². The van der Waals surface area contributed by atoms with Gasteiger partial charge in [0.2, 0.25) is 5.95 Å². The largest absolute Gasteiger partial charge is 0.358 e. The smallest absolute Gasteiger partial charge is 0.225 e. The first-order chi connectivity index (χ1) is 17.1. The summed E-state index contributed by atoms with van der Waals surface area (Å²) >= 11 is 0. The van der Waals surface area contributed by atoms with Crippen LogP contribution in [0, 0.1) is 11.2 Å². The number of aromatic amines is 1. The predicted molar refractivity (Wildman–Crippen MR) is 133 cm³/mol. The molecule has 0 amide bonds. The van der Waals surface area contributed by atoms with E-state index < -0.39 is 0 Å². The minimum absolute atomic E-state index is 0.237. The molecule has 1 aromatic carbocycles. The summed E-state index contributed by atoms with van der Waals surface area (Å²) in [6.45, 7) is 2.94. The van der Waals surface area contributed by atoms with Crippen molar-refractivity contribution >= 4 is 18.1 Å². The lowest BCUT2D eigenvalue weighted by atomic mass is 10.1. The van der Waals surface area contributed by atoms with Crippen molar-refractivity contribution < 1.29 is 4.39 Å². The van der Waals surface area contributed by atoms with Crippen molar-refractivity contribution in [3.8, 4) is 11.1 Å². The zero-order chi connectivity index (χ0) is 24.2. The second-order valence-corrected chi connectivity index (χ2v) is 8.46. The van der Waals surface area contributed by atoms with Gasteiger partial charge in [0.25, 0.3) is 0 Å². The average Bonchev–Trinajstić information content (AvgIpc) is 3.54. The van der Waals surface area contributed by atoms with Gasteiger partial charge in [-0.25, -0.2) is 19.4 Å². The van der Waals surface area contributed by atoms with Crippen LogP contribution in [0.3, 0.4) is 0 Å². The topological polar surface area (TPSA) is 102 Å². The minimum Gasteiger partial charge on any atom is -0.358 e. The third kappa shape index (κ3) is 5.11. The molecular formula is C25H26FN9. The standard InChI is InChI=1S/C25H26FN9/c1-33-16-21(15-32-33)20-11-23(28-14-20)24(31-17-27)34-6-8-35(9-7-34)25-29-12-19(13-30-25)10-18-2-4-22(26)5-3-18/h2-5,11-17,27-28H,6-10H2,1H3.